The van der Waals surface area contributed by atoms with E-state index in [2.05, 4.69) is 0 Å². The highest BCUT2D eigenvalue weighted by atomic mass is 32.2. The van der Waals surface area contributed by atoms with E-state index in [0.717, 1.165) is 4.90 Å². The van der Waals surface area contributed by atoms with E-state index in [-0.39, 0.29) is 5.25 Å². The summed E-state index contributed by atoms with van der Waals surface area (Å²) < 4.78 is 5.33. The topological polar surface area (TPSA) is 66.8 Å². The Hall–Kier alpha value is -1.63. The summed E-state index contributed by atoms with van der Waals surface area (Å²) in [5.41, 5.74) is 0.544. The van der Waals surface area contributed by atoms with Gasteiger partial charge >= 0.3 is 12.1 Å². The highest BCUT2D eigenvalue weighted by Gasteiger charge is 2.41. The molecule has 7 heteroatoms. The van der Waals surface area contributed by atoms with Crippen molar-refractivity contribution in [3.8, 4) is 0 Å². The fourth-order valence-electron chi connectivity index (χ4n) is 2.45. The van der Waals surface area contributed by atoms with Crippen molar-refractivity contribution in [3.05, 3.63) is 24.3 Å². The molecule has 23 heavy (non-hydrogen) atoms. The maximum atomic E-state index is 12.2. The molecule has 0 saturated carbocycles. The lowest BCUT2D eigenvalue weighted by molar-refractivity contribution is -0.142. The fourth-order valence-corrected chi connectivity index (χ4v) is 3.64. The van der Waals surface area contributed by atoms with Gasteiger partial charge in [0.2, 0.25) is 0 Å². The highest BCUT2D eigenvalue weighted by Crippen LogP contribution is 2.33. The maximum absolute atomic E-state index is 12.2. The summed E-state index contributed by atoms with van der Waals surface area (Å²) >= 11 is 1.61. The second-order valence-corrected chi connectivity index (χ2v) is 8.15. The average Bonchev–Trinajstić information content (AvgIpc) is 2.84. The Balaban J connectivity index is 2.06. The van der Waals surface area contributed by atoms with E-state index in [1.54, 1.807) is 32.5 Å². The summed E-state index contributed by atoms with van der Waals surface area (Å²) in [6, 6.07) is 7.26. The molecule has 1 aliphatic rings. The van der Waals surface area contributed by atoms with Gasteiger partial charge in [-0.3, -0.25) is 4.90 Å². The summed E-state index contributed by atoms with van der Waals surface area (Å²) in [7, 11) is 2.02. The summed E-state index contributed by atoms with van der Waals surface area (Å²) in [6.45, 7) is 5.70. The van der Waals surface area contributed by atoms with Gasteiger partial charge in [-0.05, 0) is 39.3 Å². The molecule has 124 valence electrons. The van der Waals surface area contributed by atoms with Crippen molar-refractivity contribution in [1.29, 1.82) is 0 Å². The summed E-state index contributed by atoms with van der Waals surface area (Å²) in [5, 5.41) is 9.44. The molecule has 2 rings (SSSR count). The predicted molar refractivity (Wildman–Crippen MR) is 93.2 cm³/mol. The third-order valence-corrected chi connectivity index (χ3v) is 4.72. The number of hydrogen-bond donors (Lipinski definition) is 1. The first-order chi connectivity index (χ1) is 10.7. The fraction of sp³-hybridized carbons (Fsp3) is 0.500. The minimum absolute atomic E-state index is 0.0475. The predicted octanol–water partition coefficient (Wildman–Crippen LogP) is 1.50. The Morgan fingerprint density at radius 1 is 1.30 bits per heavy atom. The molecule has 0 aliphatic carbocycles. The van der Waals surface area contributed by atoms with Gasteiger partial charge in [-0.15, -0.1) is 11.8 Å². The molecule has 0 spiro atoms. The van der Waals surface area contributed by atoms with Gasteiger partial charge in [0, 0.05) is 16.7 Å². The number of benzene rings is 1. The molecule has 1 aromatic carbocycles. The van der Waals surface area contributed by atoms with Gasteiger partial charge in [-0.1, -0.05) is 17.6 Å². The van der Waals surface area contributed by atoms with Gasteiger partial charge in [-0.2, -0.15) is 0 Å². The van der Waals surface area contributed by atoms with Crippen molar-refractivity contribution in [2.75, 3.05) is 6.54 Å². The van der Waals surface area contributed by atoms with Gasteiger partial charge in [-0.25, -0.2) is 9.59 Å². The monoisotopic (exact) mass is 335 g/mol. The van der Waals surface area contributed by atoms with E-state index in [4.69, 9.17) is 4.74 Å². The van der Waals surface area contributed by atoms with Gasteiger partial charge in [0.1, 0.15) is 19.5 Å². The van der Waals surface area contributed by atoms with Crippen molar-refractivity contribution in [2.45, 2.75) is 49.0 Å². The van der Waals surface area contributed by atoms with Crippen LogP contribution in [0, 0.1) is 0 Å². The van der Waals surface area contributed by atoms with Crippen molar-refractivity contribution in [2.24, 2.45) is 0 Å². The van der Waals surface area contributed by atoms with E-state index in [0.29, 0.717) is 13.0 Å². The van der Waals surface area contributed by atoms with Crippen LogP contribution >= 0.6 is 11.8 Å². The second kappa shape index (κ2) is 6.87. The van der Waals surface area contributed by atoms with Gasteiger partial charge in [0.25, 0.3) is 0 Å². The number of amides is 1. The van der Waals surface area contributed by atoms with Gasteiger partial charge in [0.05, 0.1) is 0 Å². The SMILES string of the molecule is Bc1ccc(S[C@H]2C[C@@H](C(=O)O)N(C(=O)OC(C)(C)C)C2)cc1. The van der Waals surface area contributed by atoms with Crippen LogP contribution in [-0.4, -0.2) is 53.4 Å². The van der Waals surface area contributed by atoms with Gasteiger partial charge in [0.15, 0.2) is 0 Å². The Labute approximate surface area is 141 Å². The zero-order valence-electron chi connectivity index (χ0n) is 13.9. The molecule has 1 amide bonds. The number of likely N-dealkylation sites (tertiary alicyclic amines) is 1. The first kappa shape index (κ1) is 17.7. The van der Waals surface area contributed by atoms with Crippen molar-refractivity contribution < 1.29 is 19.4 Å². The van der Waals surface area contributed by atoms with E-state index in [1.807, 2.05) is 32.1 Å². The molecule has 1 saturated heterocycles. The largest absolute Gasteiger partial charge is 0.480 e. The van der Waals surface area contributed by atoms with E-state index in [1.165, 1.54) is 10.4 Å². The summed E-state index contributed by atoms with van der Waals surface area (Å²) in [4.78, 5) is 26.1. The summed E-state index contributed by atoms with van der Waals surface area (Å²) in [6.07, 6.45) is -0.135. The lowest BCUT2D eigenvalue weighted by atomic mass is 9.97. The van der Waals surface area contributed by atoms with Crippen LogP contribution in [0.1, 0.15) is 27.2 Å². The number of carbonyl (C=O) groups is 2. The van der Waals surface area contributed by atoms with Crippen LogP contribution < -0.4 is 5.46 Å². The Bertz CT molecular complexity index is 585. The number of hydrogen-bond acceptors (Lipinski definition) is 4. The first-order valence-electron chi connectivity index (χ1n) is 7.61. The third-order valence-electron chi connectivity index (χ3n) is 3.50. The number of thioether (sulfide) groups is 1. The molecule has 1 aliphatic heterocycles. The number of carboxylic acid groups (broad SMARTS) is 1. The molecule has 1 fully saturated rings. The van der Waals surface area contributed by atoms with Crippen molar-refractivity contribution >= 4 is 37.1 Å². The minimum Gasteiger partial charge on any atom is -0.480 e. The van der Waals surface area contributed by atoms with Crippen LogP contribution in [0.25, 0.3) is 0 Å². The van der Waals surface area contributed by atoms with Crippen LogP contribution in [0.4, 0.5) is 4.79 Å². The molecule has 0 aromatic heterocycles. The molecule has 0 bridgehead atoms. The smallest absolute Gasteiger partial charge is 0.411 e. The molecular formula is C16H22BNO4S. The van der Waals surface area contributed by atoms with E-state index >= 15 is 0 Å². The highest BCUT2D eigenvalue weighted by molar-refractivity contribution is 8.00. The van der Waals surface area contributed by atoms with Crippen LogP contribution in [0.2, 0.25) is 0 Å². The molecular weight excluding hydrogens is 313 g/mol. The number of rotatable bonds is 3. The number of aliphatic carboxylic acids is 1. The quantitative estimate of drug-likeness (QED) is 0.848. The molecule has 2 atom stereocenters. The minimum atomic E-state index is -0.983. The lowest BCUT2D eigenvalue weighted by Crippen LogP contribution is -2.43. The number of carboxylic acids is 1. The summed E-state index contributed by atoms with van der Waals surface area (Å²) in [5.74, 6) is -0.983. The van der Waals surface area contributed by atoms with Crippen LogP contribution in [0.15, 0.2) is 29.2 Å². The molecule has 1 N–H and O–H groups in total. The zero-order valence-corrected chi connectivity index (χ0v) is 14.7. The van der Waals surface area contributed by atoms with Crippen molar-refractivity contribution in [3.63, 3.8) is 0 Å². The van der Waals surface area contributed by atoms with Gasteiger partial charge < -0.3 is 9.84 Å². The van der Waals surface area contributed by atoms with E-state index < -0.39 is 23.7 Å². The zero-order chi connectivity index (χ0) is 17.2. The molecule has 0 radical (unpaired) electrons. The standard InChI is InChI=1S/C16H22BNO4S/c1-16(2,3)22-15(21)18-9-12(8-13(18)14(19)20)23-11-6-4-10(17)5-7-11/h4-7,12-13H,8-9,17H2,1-3H3,(H,19,20)/t12-,13-/m0/s1. The maximum Gasteiger partial charge on any atom is 0.411 e. The number of nitrogens with zero attached hydrogens (tertiary/aromatic N) is 1. The molecule has 5 nitrogen and oxygen atoms in total. The number of ether oxygens (including phenoxy) is 1. The third kappa shape index (κ3) is 4.92. The van der Waals surface area contributed by atoms with Crippen LogP contribution in [-0.2, 0) is 9.53 Å². The molecule has 1 aromatic rings. The van der Waals surface area contributed by atoms with Crippen LogP contribution in [0.3, 0.4) is 0 Å². The Morgan fingerprint density at radius 3 is 2.43 bits per heavy atom. The number of carbonyl (C=O) groups excluding carboxylic acids is 1. The lowest BCUT2D eigenvalue weighted by Gasteiger charge is -2.26. The van der Waals surface area contributed by atoms with Crippen LogP contribution in [0.5, 0.6) is 0 Å². The first-order valence-corrected chi connectivity index (χ1v) is 8.49. The Kier molecular flexibility index (Phi) is 5.29. The van der Waals surface area contributed by atoms with E-state index in [9.17, 15) is 14.7 Å². The second-order valence-electron chi connectivity index (χ2n) is 6.78. The van der Waals surface area contributed by atoms with Crippen molar-refractivity contribution in [1.82, 2.24) is 4.90 Å². The Morgan fingerprint density at radius 2 is 1.91 bits per heavy atom. The molecule has 1 heterocycles. The normalized spacial score (nSPS) is 21.3. The average molecular weight is 335 g/mol. The molecule has 0 unspecified atom stereocenters.